The van der Waals surface area contributed by atoms with E-state index in [9.17, 15) is 0 Å². The van der Waals surface area contributed by atoms with Crippen LogP contribution < -0.4 is 0 Å². The molecule has 1 heteroatoms. The minimum Gasteiger partial charge on any atom is -0.157 e. The number of thioether (sulfide) groups is 1. The Morgan fingerprint density at radius 2 is 1.85 bits per heavy atom. The lowest BCUT2D eigenvalue weighted by atomic mass is 10.2. The van der Waals surface area contributed by atoms with Crippen molar-refractivity contribution in [2.45, 2.75) is 26.0 Å². The molecule has 1 aromatic rings. The maximum Gasteiger partial charge on any atom is 0.0184 e. The summed E-state index contributed by atoms with van der Waals surface area (Å²) in [7, 11) is 0. The van der Waals surface area contributed by atoms with Crippen molar-refractivity contribution in [3.8, 4) is 0 Å². The van der Waals surface area contributed by atoms with E-state index in [1.807, 2.05) is 11.8 Å². The summed E-state index contributed by atoms with van der Waals surface area (Å²) in [6.45, 7) is 4.56. The third-order valence-corrected chi connectivity index (χ3v) is 3.01. The van der Waals surface area contributed by atoms with Crippen LogP contribution in [-0.4, -0.2) is 5.75 Å². The summed E-state index contributed by atoms with van der Waals surface area (Å²) >= 11 is 2.03. The van der Waals surface area contributed by atoms with E-state index < -0.39 is 0 Å². The molecule has 0 radical (unpaired) electrons. The molecule has 0 aromatic heterocycles. The molecule has 0 N–H and O–H groups in total. The SMILES string of the molecule is CC(C)CCSCc1ccccc1. The summed E-state index contributed by atoms with van der Waals surface area (Å²) in [5.41, 5.74) is 1.44. The van der Waals surface area contributed by atoms with Crippen LogP contribution in [-0.2, 0) is 5.75 Å². The highest BCUT2D eigenvalue weighted by Crippen LogP contribution is 2.14. The fourth-order valence-electron chi connectivity index (χ4n) is 1.08. The third-order valence-electron chi connectivity index (χ3n) is 1.95. The van der Waals surface area contributed by atoms with Crippen LogP contribution in [0.3, 0.4) is 0 Å². The lowest BCUT2D eigenvalue weighted by molar-refractivity contribution is 0.632. The molecule has 0 nitrogen and oxygen atoms in total. The van der Waals surface area contributed by atoms with Crippen molar-refractivity contribution in [3.05, 3.63) is 35.9 Å². The van der Waals surface area contributed by atoms with Gasteiger partial charge in [0.25, 0.3) is 0 Å². The lowest BCUT2D eigenvalue weighted by Gasteiger charge is -2.04. The number of hydrogen-bond donors (Lipinski definition) is 0. The van der Waals surface area contributed by atoms with Crippen molar-refractivity contribution in [1.29, 1.82) is 0 Å². The molecule has 0 atom stereocenters. The molecule has 1 aromatic carbocycles. The molecule has 1 rings (SSSR count). The molecule has 0 bridgehead atoms. The largest absolute Gasteiger partial charge is 0.157 e. The number of benzene rings is 1. The Morgan fingerprint density at radius 3 is 2.46 bits per heavy atom. The average Bonchev–Trinajstić information content (AvgIpc) is 2.14. The van der Waals surface area contributed by atoms with Crippen LogP contribution in [0, 0.1) is 5.92 Å². The molecule has 0 fully saturated rings. The Kier molecular flexibility index (Phi) is 4.99. The van der Waals surface area contributed by atoms with E-state index in [0.29, 0.717) is 0 Å². The molecular weight excluding hydrogens is 176 g/mol. The molecule has 0 aliphatic heterocycles. The topological polar surface area (TPSA) is 0 Å². The minimum absolute atomic E-state index is 0.836. The van der Waals surface area contributed by atoms with Crippen LogP contribution in [0.4, 0.5) is 0 Å². The van der Waals surface area contributed by atoms with E-state index in [1.54, 1.807) is 0 Å². The highest BCUT2D eigenvalue weighted by Gasteiger charge is 1.95. The van der Waals surface area contributed by atoms with Crippen LogP contribution >= 0.6 is 11.8 Å². The maximum atomic E-state index is 2.28. The zero-order chi connectivity index (χ0) is 9.52. The average molecular weight is 194 g/mol. The fourth-order valence-corrected chi connectivity index (χ4v) is 2.29. The summed E-state index contributed by atoms with van der Waals surface area (Å²) < 4.78 is 0. The Bertz CT molecular complexity index is 216. The van der Waals surface area contributed by atoms with Gasteiger partial charge in [-0.1, -0.05) is 44.2 Å². The summed E-state index contributed by atoms with van der Waals surface area (Å²) in [4.78, 5) is 0. The van der Waals surface area contributed by atoms with Gasteiger partial charge in [-0.25, -0.2) is 0 Å². The van der Waals surface area contributed by atoms with E-state index in [-0.39, 0.29) is 0 Å². The van der Waals surface area contributed by atoms with Gasteiger partial charge in [-0.05, 0) is 23.7 Å². The van der Waals surface area contributed by atoms with E-state index in [0.717, 1.165) is 11.7 Å². The Hall–Kier alpha value is -0.430. The second-order valence-corrected chi connectivity index (χ2v) is 4.83. The summed E-state index contributed by atoms with van der Waals surface area (Å²) in [5, 5.41) is 0. The molecule has 0 saturated carbocycles. The van der Waals surface area contributed by atoms with Gasteiger partial charge in [0.05, 0.1) is 0 Å². The zero-order valence-electron chi connectivity index (χ0n) is 8.49. The number of rotatable bonds is 5. The van der Waals surface area contributed by atoms with E-state index in [2.05, 4.69) is 44.2 Å². The first-order chi connectivity index (χ1) is 6.29. The molecule has 0 amide bonds. The smallest absolute Gasteiger partial charge is 0.0184 e. The minimum atomic E-state index is 0.836. The molecule has 0 aliphatic rings. The first-order valence-electron chi connectivity index (χ1n) is 4.90. The van der Waals surface area contributed by atoms with Gasteiger partial charge in [-0.2, -0.15) is 11.8 Å². The van der Waals surface area contributed by atoms with Gasteiger partial charge < -0.3 is 0 Å². The van der Waals surface area contributed by atoms with Gasteiger partial charge in [0.1, 0.15) is 0 Å². The summed E-state index contributed by atoms with van der Waals surface area (Å²) in [6.07, 6.45) is 1.33. The first kappa shape index (κ1) is 10.6. The normalized spacial score (nSPS) is 10.7. The monoisotopic (exact) mass is 194 g/mol. The molecule has 0 aliphatic carbocycles. The Labute approximate surface area is 85.7 Å². The van der Waals surface area contributed by atoms with E-state index in [1.165, 1.54) is 17.7 Å². The van der Waals surface area contributed by atoms with Crippen LogP contribution in [0.1, 0.15) is 25.8 Å². The van der Waals surface area contributed by atoms with Crippen LogP contribution in [0.2, 0.25) is 0 Å². The predicted octanol–water partition coefficient (Wildman–Crippen LogP) is 3.97. The van der Waals surface area contributed by atoms with Gasteiger partial charge in [0, 0.05) is 5.75 Å². The van der Waals surface area contributed by atoms with Crippen molar-refractivity contribution >= 4 is 11.8 Å². The molecule has 0 heterocycles. The fraction of sp³-hybridized carbons (Fsp3) is 0.500. The molecule has 72 valence electrons. The van der Waals surface area contributed by atoms with Gasteiger partial charge in [0.2, 0.25) is 0 Å². The molecule has 0 unspecified atom stereocenters. The van der Waals surface area contributed by atoms with Crippen molar-refractivity contribution in [2.24, 2.45) is 5.92 Å². The molecule has 0 saturated heterocycles. The van der Waals surface area contributed by atoms with Crippen molar-refractivity contribution in [1.82, 2.24) is 0 Å². The van der Waals surface area contributed by atoms with Crippen LogP contribution in [0.25, 0.3) is 0 Å². The zero-order valence-corrected chi connectivity index (χ0v) is 9.31. The second-order valence-electron chi connectivity index (χ2n) is 3.72. The highest BCUT2D eigenvalue weighted by molar-refractivity contribution is 7.98. The standard InChI is InChI=1S/C12H18S/c1-11(2)8-9-13-10-12-6-4-3-5-7-12/h3-7,11H,8-10H2,1-2H3. The lowest BCUT2D eigenvalue weighted by Crippen LogP contribution is -1.90. The van der Waals surface area contributed by atoms with Gasteiger partial charge in [0.15, 0.2) is 0 Å². The van der Waals surface area contributed by atoms with Crippen molar-refractivity contribution < 1.29 is 0 Å². The summed E-state index contributed by atoms with van der Waals surface area (Å²) in [6, 6.07) is 10.7. The van der Waals surface area contributed by atoms with Gasteiger partial charge in [-0.3, -0.25) is 0 Å². The second kappa shape index (κ2) is 6.09. The van der Waals surface area contributed by atoms with Crippen molar-refractivity contribution in [3.63, 3.8) is 0 Å². The van der Waals surface area contributed by atoms with Crippen molar-refractivity contribution in [2.75, 3.05) is 5.75 Å². The summed E-state index contributed by atoms with van der Waals surface area (Å²) in [5.74, 6) is 3.28. The quantitative estimate of drug-likeness (QED) is 0.639. The van der Waals surface area contributed by atoms with Crippen LogP contribution in [0.5, 0.6) is 0 Å². The van der Waals surface area contributed by atoms with Crippen LogP contribution in [0.15, 0.2) is 30.3 Å². The van der Waals surface area contributed by atoms with Gasteiger partial charge >= 0.3 is 0 Å². The number of hydrogen-bond acceptors (Lipinski definition) is 1. The Morgan fingerprint density at radius 1 is 1.15 bits per heavy atom. The highest BCUT2D eigenvalue weighted by atomic mass is 32.2. The predicted molar refractivity (Wildman–Crippen MR) is 62.1 cm³/mol. The molecule has 13 heavy (non-hydrogen) atoms. The Balaban J connectivity index is 2.13. The molecular formula is C12H18S. The maximum absolute atomic E-state index is 2.28. The van der Waals surface area contributed by atoms with Gasteiger partial charge in [-0.15, -0.1) is 0 Å². The van der Waals surface area contributed by atoms with E-state index in [4.69, 9.17) is 0 Å². The molecule has 0 spiro atoms. The van der Waals surface area contributed by atoms with E-state index >= 15 is 0 Å². The first-order valence-corrected chi connectivity index (χ1v) is 6.06. The third kappa shape index (κ3) is 4.99.